The Hall–Kier alpha value is -3.62. The molecular weight excluding hydrogens is 638 g/mol. The Bertz CT molecular complexity index is 1120. The van der Waals surface area contributed by atoms with Crippen LogP contribution in [0.3, 0.4) is 0 Å². The molecule has 1 saturated heterocycles. The number of nitrogens with zero attached hydrogens (tertiary/aromatic N) is 2. The Labute approximate surface area is 292 Å². The fourth-order valence-corrected chi connectivity index (χ4v) is 4.79. The second-order valence-electron chi connectivity index (χ2n) is 15.9. The maximum absolute atomic E-state index is 13.6. The van der Waals surface area contributed by atoms with Crippen LogP contribution in [-0.2, 0) is 33.3 Å². The van der Waals surface area contributed by atoms with Crippen LogP contribution in [0, 0.1) is 5.92 Å². The van der Waals surface area contributed by atoms with Gasteiger partial charge in [0.05, 0.1) is 18.4 Å². The van der Waals surface area contributed by atoms with Gasteiger partial charge in [0.1, 0.15) is 35.1 Å². The number of carbonyl (C=O) groups excluding carboxylic acids is 5. The van der Waals surface area contributed by atoms with E-state index in [1.54, 1.807) is 83.1 Å². The van der Waals surface area contributed by atoms with Gasteiger partial charge in [-0.3, -0.25) is 20.0 Å². The molecule has 0 bridgehead atoms. The first-order chi connectivity index (χ1) is 22.2. The van der Waals surface area contributed by atoms with Gasteiger partial charge in [-0.25, -0.2) is 19.2 Å². The number of ether oxygens (including phenoxy) is 5. The number of aliphatic imine (C=N–C) groups is 1. The number of hydrogen-bond acceptors (Lipinski definition) is 11. The molecule has 4 amide bonds. The van der Waals surface area contributed by atoms with Crippen molar-refractivity contribution in [2.24, 2.45) is 16.6 Å². The van der Waals surface area contributed by atoms with E-state index >= 15 is 0 Å². The van der Waals surface area contributed by atoms with Gasteiger partial charge in [0.2, 0.25) is 5.91 Å². The zero-order valence-corrected chi connectivity index (χ0v) is 32.2. The number of primary amides is 1. The van der Waals surface area contributed by atoms with Crippen LogP contribution in [0.2, 0.25) is 0 Å². The van der Waals surface area contributed by atoms with Crippen molar-refractivity contribution in [2.45, 2.75) is 156 Å². The molecule has 1 heterocycles. The van der Waals surface area contributed by atoms with E-state index in [0.29, 0.717) is 13.0 Å². The van der Waals surface area contributed by atoms with Crippen LogP contribution in [0.1, 0.15) is 116 Å². The number of alkyl carbamates (subject to hydrolysis) is 1. The highest BCUT2D eigenvalue weighted by Crippen LogP contribution is 2.35. The maximum Gasteiger partial charge on any atom is 0.412 e. The molecule has 0 spiro atoms. The molecular formula is C34H63N5O10. The van der Waals surface area contributed by atoms with E-state index < -0.39 is 64.8 Å². The summed E-state index contributed by atoms with van der Waals surface area (Å²) in [6, 6.07) is -2.10. The van der Waals surface area contributed by atoms with Crippen LogP contribution in [0.4, 0.5) is 14.4 Å². The molecule has 0 aromatic heterocycles. The molecule has 1 aliphatic heterocycles. The van der Waals surface area contributed by atoms with E-state index in [4.69, 9.17) is 24.7 Å². The first-order valence-electron chi connectivity index (χ1n) is 16.7. The van der Waals surface area contributed by atoms with E-state index in [0.717, 1.165) is 12.8 Å². The van der Waals surface area contributed by atoms with Crippen molar-refractivity contribution in [3.63, 3.8) is 0 Å². The predicted octanol–water partition coefficient (Wildman–Crippen LogP) is 5.08. The number of nitrogens with one attached hydrogen (secondary N) is 2. The van der Waals surface area contributed by atoms with Crippen LogP contribution in [0.25, 0.3) is 0 Å². The number of amides is 4. The van der Waals surface area contributed by atoms with Gasteiger partial charge in [-0.2, -0.15) is 0 Å². The summed E-state index contributed by atoms with van der Waals surface area (Å²) in [6.07, 6.45) is 1.38. The summed E-state index contributed by atoms with van der Waals surface area (Å²) >= 11 is 0. The van der Waals surface area contributed by atoms with Crippen molar-refractivity contribution >= 4 is 36.5 Å². The quantitative estimate of drug-likeness (QED) is 0.113. The summed E-state index contributed by atoms with van der Waals surface area (Å²) in [5, 5.41) is 5.39. The number of methoxy groups -OCH3 is 1. The Kier molecular flexibility index (Phi) is 18.1. The zero-order valence-electron chi connectivity index (χ0n) is 32.2. The number of hydrogen-bond donors (Lipinski definition) is 3. The summed E-state index contributed by atoms with van der Waals surface area (Å²) in [4.78, 5) is 67.3. The molecule has 2 unspecified atom stereocenters. The molecule has 0 saturated carbocycles. The van der Waals surface area contributed by atoms with Gasteiger partial charge in [-0.15, -0.1) is 0 Å². The second-order valence-corrected chi connectivity index (χ2v) is 15.9. The predicted molar refractivity (Wildman–Crippen MR) is 186 cm³/mol. The Balaban J connectivity index is 0.00000254. The Morgan fingerprint density at radius 1 is 0.857 bits per heavy atom. The number of nitrogens with two attached hydrogens (primary N) is 1. The molecule has 15 nitrogen and oxygen atoms in total. The minimum absolute atomic E-state index is 0.0374. The molecule has 0 aromatic rings. The van der Waals surface area contributed by atoms with E-state index in [-0.39, 0.29) is 24.9 Å². The molecule has 0 radical (unpaired) electrons. The van der Waals surface area contributed by atoms with Gasteiger partial charge in [0.25, 0.3) is 0 Å². The van der Waals surface area contributed by atoms with Crippen molar-refractivity contribution in [1.82, 2.24) is 15.5 Å². The largest absolute Gasteiger partial charge is 0.458 e. The minimum Gasteiger partial charge on any atom is -0.458 e. The van der Waals surface area contributed by atoms with Crippen LogP contribution in [0.15, 0.2) is 4.99 Å². The van der Waals surface area contributed by atoms with Crippen LogP contribution < -0.4 is 16.4 Å². The molecule has 4 atom stereocenters. The molecule has 0 aromatic carbocycles. The number of carbonyl (C=O) groups is 5. The maximum atomic E-state index is 13.6. The average molecular weight is 702 g/mol. The first-order valence-corrected chi connectivity index (χ1v) is 16.7. The van der Waals surface area contributed by atoms with Crippen LogP contribution >= 0.6 is 0 Å². The number of esters is 1. The van der Waals surface area contributed by atoms with Crippen molar-refractivity contribution in [2.75, 3.05) is 20.3 Å². The Morgan fingerprint density at radius 3 is 1.82 bits per heavy atom. The molecule has 1 rings (SSSR count). The minimum atomic E-state index is -0.955. The van der Waals surface area contributed by atoms with E-state index in [9.17, 15) is 24.0 Å². The standard InChI is InChI=1S/C29H52N4O8.C5H11NO2/c1-12-13-19(16-30-23(34)17-38-11)14-21-20(31-18-32-25(36)40-28(5,6)7)15-22(24(35)39-27(2,3)4)33(21)26(37)41-29(8,9)10;1-5(2,3)8-4(6)7/h18-22H,12-17H2,1-11H3,(H,30,34)(H,31,32,36);1-3H3,(H2,6,7)/t19?,20-,21-,22?;/m1./s1. The van der Waals surface area contributed by atoms with Gasteiger partial charge in [-0.05, 0) is 102 Å². The first kappa shape index (κ1) is 45.4. The lowest BCUT2D eigenvalue weighted by Crippen LogP contribution is -2.50. The van der Waals surface area contributed by atoms with E-state index in [2.05, 4.69) is 20.4 Å². The van der Waals surface area contributed by atoms with Crippen LogP contribution in [-0.4, -0.2) is 102 Å². The summed E-state index contributed by atoms with van der Waals surface area (Å²) in [5.41, 5.74) is 1.99. The zero-order chi connectivity index (χ0) is 38.4. The molecule has 1 aliphatic rings. The lowest BCUT2D eigenvalue weighted by Gasteiger charge is -2.34. The van der Waals surface area contributed by atoms with Gasteiger partial charge < -0.3 is 34.7 Å². The lowest BCUT2D eigenvalue weighted by molar-refractivity contribution is -0.160. The third-order valence-electron chi connectivity index (χ3n) is 6.27. The number of rotatable bonds is 11. The van der Waals surface area contributed by atoms with E-state index in [1.807, 2.05) is 6.92 Å². The van der Waals surface area contributed by atoms with Gasteiger partial charge in [0.15, 0.2) is 0 Å². The normalized spacial score (nSPS) is 18.9. The monoisotopic (exact) mass is 701 g/mol. The van der Waals surface area contributed by atoms with Crippen molar-refractivity contribution in [3.05, 3.63) is 0 Å². The topological polar surface area (TPSA) is 197 Å². The van der Waals surface area contributed by atoms with Crippen molar-refractivity contribution in [1.29, 1.82) is 0 Å². The summed E-state index contributed by atoms with van der Waals surface area (Å²) in [5.74, 6) is -0.844. The molecule has 49 heavy (non-hydrogen) atoms. The van der Waals surface area contributed by atoms with Crippen molar-refractivity contribution < 1.29 is 47.7 Å². The highest BCUT2D eigenvalue weighted by atomic mass is 16.6. The molecule has 0 aliphatic carbocycles. The van der Waals surface area contributed by atoms with Crippen LogP contribution in [0.5, 0.6) is 0 Å². The SMILES string of the molecule is CC(C)(C)OC(N)=O.CCCC(CNC(=O)COC)C[C@@H]1[C@H](N=CNC(=O)OC(C)(C)C)CC(C(=O)OC(C)(C)C)N1C(=O)OC(C)(C)C. The second kappa shape index (κ2) is 19.5. The van der Waals surface area contributed by atoms with Crippen molar-refractivity contribution in [3.8, 4) is 0 Å². The molecule has 1 fully saturated rings. The van der Waals surface area contributed by atoms with Gasteiger partial charge in [-0.1, -0.05) is 13.3 Å². The summed E-state index contributed by atoms with van der Waals surface area (Å²) < 4.78 is 26.2. The smallest absolute Gasteiger partial charge is 0.412 e. The third-order valence-corrected chi connectivity index (χ3v) is 6.27. The number of likely N-dealkylation sites (tertiary alicyclic amines) is 1. The third kappa shape index (κ3) is 21.2. The Morgan fingerprint density at radius 2 is 1.39 bits per heavy atom. The highest BCUT2D eigenvalue weighted by molar-refractivity contribution is 5.84. The fourth-order valence-electron chi connectivity index (χ4n) is 4.79. The molecule has 15 heteroatoms. The highest BCUT2D eigenvalue weighted by Gasteiger charge is 2.50. The van der Waals surface area contributed by atoms with Gasteiger partial charge >= 0.3 is 24.2 Å². The average Bonchev–Trinajstić information content (AvgIpc) is 3.21. The summed E-state index contributed by atoms with van der Waals surface area (Å²) in [6.45, 7) is 23.4. The lowest BCUT2D eigenvalue weighted by atomic mass is 9.92. The fraction of sp³-hybridized carbons (Fsp3) is 0.824. The van der Waals surface area contributed by atoms with E-state index in [1.165, 1.54) is 18.3 Å². The summed E-state index contributed by atoms with van der Waals surface area (Å²) in [7, 11) is 1.45. The molecule has 4 N–H and O–H groups in total. The van der Waals surface area contributed by atoms with Gasteiger partial charge in [0, 0.05) is 20.1 Å². The molecule has 284 valence electrons.